The van der Waals surface area contributed by atoms with Crippen molar-refractivity contribution in [2.45, 2.75) is 5.25 Å². The Morgan fingerprint density at radius 2 is 2.27 bits per heavy atom. The molecular weight excluding hydrogens is 160 g/mol. The van der Waals surface area contributed by atoms with E-state index in [2.05, 4.69) is 12.6 Å². The predicted molar refractivity (Wildman–Crippen MR) is 45.5 cm³/mol. The molecule has 0 saturated heterocycles. The lowest BCUT2D eigenvalue weighted by molar-refractivity contribution is 0.474. The molecule has 0 aliphatic carbocycles. The zero-order valence-corrected chi connectivity index (χ0v) is 6.58. The number of phenols is 1. The Morgan fingerprint density at radius 3 is 2.82 bits per heavy atom. The van der Waals surface area contributed by atoms with Crippen LogP contribution in [0.4, 0.5) is 0 Å². The highest BCUT2D eigenvalue weighted by atomic mass is 32.1. The van der Waals surface area contributed by atoms with Crippen LogP contribution in [0.2, 0.25) is 0 Å². The van der Waals surface area contributed by atoms with Gasteiger partial charge in [0.25, 0.3) is 0 Å². The number of benzene rings is 1. The summed E-state index contributed by atoms with van der Waals surface area (Å²) >= 11 is 3.93. The van der Waals surface area contributed by atoms with Crippen LogP contribution in [0.25, 0.3) is 0 Å². The van der Waals surface area contributed by atoms with Gasteiger partial charge in [-0.1, -0.05) is 12.1 Å². The van der Waals surface area contributed by atoms with Gasteiger partial charge in [0.1, 0.15) is 5.75 Å². The van der Waals surface area contributed by atoms with Gasteiger partial charge in [0.2, 0.25) is 6.29 Å². The molecule has 57 valence electrons. The molecule has 0 aliphatic heterocycles. The molecule has 1 rings (SSSR count). The molecule has 1 aromatic rings. The van der Waals surface area contributed by atoms with Crippen LogP contribution in [0.3, 0.4) is 0 Å². The van der Waals surface area contributed by atoms with Crippen LogP contribution in [0.15, 0.2) is 24.3 Å². The van der Waals surface area contributed by atoms with E-state index in [1.165, 1.54) is 12.1 Å². The van der Waals surface area contributed by atoms with E-state index < -0.39 is 5.25 Å². The lowest BCUT2D eigenvalue weighted by Crippen LogP contribution is -1.89. The average molecular weight is 167 g/mol. The van der Waals surface area contributed by atoms with Crippen LogP contribution in [-0.4, -0.2) is 11.4 Å². The summed E-state index contributed by atoms with van der Waals surface area (Å²) in [4.78, 5) is 10.1. The summed E-state index contributed by atoms with van der Waals surface area (Å²) in [5, 5.41) is 8.43. The van der Waals surface area contributed by atoms with Gasteiger partial charge in [-0.2, -0.15) is 12.6 Å². The third-order valence-electron chi connectivity index (χ3n) is 1.30. The van der Waals surface area contributed by atoms with Crippen molar-refractivity contribution in [2.75, 3.05) is 0 Å². The number of carbonyl (C=O) groups excluding carboxylic acids is 1. The van der Waals surface area contributed by atoms with E-state index in [0.717, 1.165) is 0 Å². The topological polar surface area (TPSA) is 37.3 Å². The zero-order chi connectivity index (χ0) is 8.27. The molecule has 0 aromatic heterocycles. The smallest absolute Gasteiger partial charge is 0.216 e. The van der Waals surface area contributed by atoms with E-state index >= 15 is 0 Å². The van der Waals surface area contributed by atoms with Crippen molar-refractivity contribution in [3.05, 3.63) is 29.8 Å². The van der Waals surface area contributed by atoms with E-state index in [0.29, 0.717) is 5.56 Å². The molecule has 0 fully saturated rings. The third kappa shape index (κ3) is 1.98. The van der Waals surface area contributed by atoms with Gasteiger partial charge < -0.3 is 5.11 Å². The number of aromatic hydroxyl groups is 1. The normalized spacial score (nSPS) is 12.5. The van der Waals surface area contributed by atoms with Gasteiger partial charge in [0.05, 0.1) is 5.25 Å². The minimum absolute atomic E-state index is 0.136. The fourth-order valence-electron chi connectivity index (χ4n) is 0.763. The molecule has 2 nitrogen and oxygen atoms in total. The maximum Gasteiger partial charge on any atom is 0.216 e. The summed E-state index contributed by atoms with van der Waals surface area (Å²) in [6, 6.07) is 6.39. The summed E-state index contributed by atoms with van der Waals surface area (Å²) in [5.74, 6) is 0.136. The highest BCUT2D eigenvalue weighted by Gasteiger charge is 2.04. The molecule has 0 heterocycles. The van der Waals surface area contributed by atoms with Crippen LogP contribution < -0.4 is 0 Å². The van der Waals surface area contributed by atoms with Gasteiger partial charge in [-0.25, -0.2) is 0 Å². The Labute approximate surface area is 70.3 Å². The Balaban J connectivity index is 2.95. The van der Waals surface area contributed by atoms with Gasteiger partial charge in [0.15, 0.2) is 0 Å². The van der Waals surface area contributed by atoms with Crippen LogP contribution in [0.5, 0.6) is 5.75 Å². The van der Waals surface area contributed by atoms with E-state index in [1.807, 2.05) is 0 Å². The first-order valence-corrected chi connectivity index (χ1v) is 3.60. The number of phenolic OH excluding ortho intramolecular Hbond substituents is 1. The fourth-order valence-corrected chi connectivity index (χ4v) is 0.924. The van der Waals surface area contributed by atoms with Gasteiger partial charge in [-0.15, -0.1) is 0 Å². The highest BCUT2D eigenvalue weighted by molar-refractivity contribution is 7.81. The first kappa shape index (κ1) is 8.14. The van der Waals surface area contributed by atoms with Crippen LogP contribution in [0, 0.1) is 0 Å². The first-order chi connectivity index (χ1) is 5.24. The largest absolute Gasteiger partial charge is 0.508 e. The monoisotopic (exact) mass is 167 g/mol. The molecule has 1 aromatic carbocycles. The van der Waals surface area contributed by atoms with Crippen molar-refractivity contribution in [3.63, 3.8) is 0 Å². The Morgan fingerprint density at radius 1 is 1.55 bits per heavy atom. The Kier molecular flexibility index (Phi) is 2.54. The molecule has 1 unspecified atom stereocenters. The van der Waals surface area contributed by atoms with Crippen LogP contribution >= 0.6 is 12.6 Å². The molecule has 11 heavy (non-hydrogen) atoms. The molecule has 3 heteroatoms. The van der Waals surface area contributed by atoms with Crippen LogP contribution in [-0.2, 0) is 4.79 Å². The summed E-state index contributed by atoms with van der Waals surface area (Å²) < 4.78 is 0. The summed E-state index contributed by atoms with van der Waals surface area (Å²) in [6.07, 6.45) is 1.71. The molecule has 0 spiro atoms. The lowest BCUT2D eigenvalue weighted by atomic mass is 10.1. The highest BCUT2D eigenvalue weighted by Crippen LogP contribution is 2.20. The predicted octanol–water partition coefficient (Wildman–Crippen LogP) is 1.47. The zero-order valence-electron chi connectivity index (χ0n) is 5.69. The minimum Gasteiger partial charge on any atom is -0.508 e. The van der Waals surface area contributed by atoms with Gasteiger partial charge in [-0.3, -0.25) is 4.79 Å². The number of hydrogen-bond donors (Lipinski definition) is 2. The Hall–Kier alpha value is -0.960. The number of rotatable bonds is 2. The SMILES string of the molecule is O=[C]C(S)c1cccc(O)c1. The quantitative estimate of drug-likeness (QED) is 0.654. The summed E-state index contributed by atoms with van der Waals surface area (Å²) in [6.45, 7) is 0. The molecule has 1 radical (unpaired) electrons. The van der Waals surface area contributed by atoms with E-state index in [1.54, 1.807) is 18.4 Å². The summed E-state index contributed by atoms with van der Waals surface area (Å²) in [5.41, 5.74) is 0.656. The molecular formula is C8H7O2S. The Bertz CT molecular complexity index is 260. The first-order valence-electron chi connectivity index (χ1n) is 3.08. The van der Waals surface area contributed by atoms with Crippen molar-refractivity contribution in [3.8, 4) is 5.75 Å². The average Bonchev–Trinajstić information content (AvgIpc) is 2.03. The number of hydrogen-bond acceptors (Lipinski definition) is 3. The lowest BCUT2D eigenvalue weighted by Gasteiger charge is -2.01. The molecule has 0 bridgehead atoms. The van der Waals surface area contributed by atoms with Crippen molar-refractivity contribution in [1.29, 1.82) is 0 Å². The van der Waals surface area contributed by atoms with E-state index in [-0.39, 0.29) is 5.75 Å². The second-order valence-corrected chi connectivity index (χ2v) is 2.63. The standard InChI is InChI=1S/C8H7O2S/c9-5-8(11)6-2-1-3-7(10)4-6/h1-4,8,10-11H. The van der Waals surface area contributed by atoms with Gasteiger partial charge in [-0.05, 0) is 17.7 Å². The van der Waals surface area contributed by atoms with Gasteiger partial charge >= 0.3 is 0 Å². The van der Waals surface area contributed by atoms with Crippen molar-refractivity contribution in [2.24, 2.45) is 0 Å². The maximum atomic E-state index is 10.1. The van der Waals surface area contributed by atoms with Crippen molar-refractivity contribution in [1.82, 2.24) is 0 Å². The maximum absolute atomic E-state index is 10.1. The number of thiol groups is 1. The molecule has 0 amide bonds. The molecule has 1 atom stereocenters. The van der Waals surface area contributed by atoms with Crippen molar-refractivity contribution >= 4 is 18.9 Å². The van der Waals surface area contributed by atoms with Crippen molar-refractivity contribution < 1.29 is 9.90 Å². The van der Waals surface area contributed by atoms with Crippen LogP contribution in [0.1, 0.15) is 10.8 Å². The third-order valence-corrected chi connectivity index (χ3v) is 1.70. The molecule has 1 N–H and O–H groups in total. The van der Waals surface area contributed by atoms with E-state index in [4.69, 9.17) is 5.11 Å². The molecule has 0 aliphatic rings. The second-order valence-electron chi connectivity index (χ2n) is 2.12. The summed E-state index contributed by atoms with van der Waals surface area (Å²) in [7, 11) is 0. The molecule has 0 saturated carbocycles. The fraction of sp³-hybridized carbons (Fsp3) is 0.125. The van der Waals surface area contributed by atoms with E-state index in [9.17, 15) is 4.79 Å². The minimum atomic E-state index is -0.568. The second kappa shape index (κ2) is 3.44. The van der Waals surface area contributed by atoms with Gasteiger partial charge in [0, 0.05) is 0 Å².